The van der Waals surface area contributed by atoms with E-state index in [-0.39, 0.29) is 11.3 Å². The van der Waals surface area contributed by atoms with E-state index in [0.717, 1.165) is 22.5 Å². The number of hydrogen-bond donors (Lipinski definition) is 2. The minimum Gasteiger partial charge on any atom is -0.354 e. The monoisotopic (exact) mass is 373 g/mol. The highest BCUT2D eigenvalue weighted by Crippen LogP contribution is 2.25. The van der Waals surface area contributed by atoms with Gasteiger partial charge in [0.25, 0.3) is 5.91 Å². The molecule has 0 spiro atoms. The second-order valence-corrected chi connectivity index (χ2v) is 8.02. The van der Waals surface area contributed by atoms with Gasteiger partial charge in [0.1, 0.15) is 0 Å². The van der Waals surface area contributed by atoms with Crippen LogP contribution < -0.4 is 10.6 Å². The van der Waals surface area contributed by atoms with Gasteiger partial charge in [-0.25, -0.2) is 0 Å². The van der Waals surface area contributed by atoms with Gasteiger partial charge in [-0.1, -0.05) is 57.2 Å². The van der Waals surface area contributed by atoms with Gasteiger partial charge in [0.15, 0.2) is 0 Å². The van der Waals surface area contributed by atoms with Gasteiger partial charge in [0.2, 0.25) is 0 Å². The summed E-state index contributed by atoms with van der Waals surface area (Å²) in [4.78, 5) is 16.7. The molecule has 1 amide bonds. The molecule has 3 aromatic rings. The molecule has 4 heteroatoms. The van der Waals surface area contributed by atoms with Crippen molar-refractivity contribution >= 4 is 17.3 Å². The number of aromatic nitrogens is 1. The Morgan fingerprint density at radius 3 is 2.36 bits per heavy atom. The van der Waals surface area contributed by atoms with E-state index in [1.165, 1.54) is 5.56 Å². The van der Waals surface area contributed by atoms with E-state index in [4.69, 9.17) is 0 Å². The van der Waals surface area contributed by atoms with Crippen LogP contribution in [0.4, 0.5) is 11.4 Å². The largest absolute Gasteiger partial charge is 0.354 e. The van der Waals surface area contributed by atoms with Crippen molar-refractivity contribution in [3.63, 3.8) is 0 Å². The van der Waals surface area contributed by atoms with Crippen molar-refractivity contribution in [1.82, 2.24) is 10.3 Å². The Morgan fingerprint density at radius 1 is 0.964 bits per heavy atom. The number of hydrogen-bond acceptors (Lipinski definition) is 3. The van der Waals surface area contributed by atoms with Crippen LogP contribution in [0, 0.1) is 6.92 Å². The average Bonchev–Trinajstić information content (AvgIpc) is 2.67. The molecule has 0 atom stereocenters. The summed E-state index contributed by atoms with van der Waals surface area (Å²) < 4.78 is 0. The molecular formula is C24H27N3O. The SMILES string of the molecule is Cc1ccccc1CNC(=O)c1cncc(Nc2ccc(C(C)(C)C)cc2)c1. The van der Waals surface area contributed by atoms with Crippen LogP contribution in [0.5, 0.6) is 0 Å². The van der Waals surface area contributed by atoms with Gasteiger partial charge in [-0.2, -0.15) is 0 Å². The Kier molecular flexibility index (Phi) is 5.78. The second-order valence-electron chi connectivity index (χ2n) is 8.02. The van der Waals surface area contributed by atoms with Gasteiger partial charge in [-0.15, -0.1) is 0 Å². The molecule has 1 aromatic heterocycles. The van der Waals surface area contributed by atoms with Gasteiger partial charge in [-0.05, 0) is 47.2 Å². The molecule has 0 saturated carbocycles. The summed E-state index contributed by atoms with van der Waals surface area (Å²) in [5.74, 6) is -0.137. The zero-order valence-corrected chi connectivity index (χ0v) is 16.9. The van der Waals surface area contributed by atoms with Gasteiger partial charge in [0.05, 0.1) is 17.4 Å². The highest BCUT2D eigenvalue weighted by molar-refractivity contribution is 5.94. The standard InChI is InChI=1S/C24H27N3O/c1-17-7-5-6-8-18(17)15-26-23(28)19-13-22(16-25-14-19)27-21-11-9-20(10-12-21)24(2,3)4/h5-14,16,27H,15H2,1-4H3,(H,26,28). The molecule has 0 aliphatic carbocycles. The van der Waals surface area contributed by atoms with Crippen molar-refractivity contribution in [3.8, 4) is 0 Å². The molecule has 3 rings (SSSR count). The molecule has 28 heavy (non-hydrogen) atoms. The normalized spacial score (nSPS) is 11.1. The smallest absolute Gasteiger partial charge is 0.253 e. The predicted molar refractivity (Wildman–Crippen MR) is 115 cm³/mol. The molecule has 0 unspecified atom stereocenters. The van der Waals surface area contributed by atoms with E-state index in [0.29, 0.717) is 12.1 Å². The van der Waals surface area contributed by atoms with Crippen LogP contribution in [0.1, 0.15) is 47.8 Å². The van der Waals surface area contributed by atoms with Crippen LogP contribution in [0.2, 0.25) is 0 Å². The van der Waals surface area contributed by atoms with Crippen LogP contribution in [-0.4, -0.2) is 10.9 Å². The molecule has 0 bridgehead atoms. The Hall–Kier alpha value is -3.14. The fraction of sp³-hybridized carbons (Fsp3) is 0.250. The van der Waals surface area contributed by atoms with Crippen LogP contribution >= 0.6 is 0 Å². The first-order valence-corrected chi connectivity index (χ1v) is 9.48. The molecule has 144 valence electrons. The fourth-order valence-corrected chi connectivity index (χ4v) is 2.94. The van der Waals surface area contributed by atoms with E-state index in [1.54, 1.807) is 12.4 Å². The molecule has 1 heterocycles. The Morgan fingerprint density at radius 2 is 1.68 bits per heavy atom. The lowest BCUT2D eigenvalue weighted by Gasteiger charge is -2.19. The van der Waals surface area contributed by atoms with Crippen molar-refractivity contribution in [3.05, 3.63) is 89.2 Å². The average molecular weight is 374 g/mol. The molecule has 0 aliphatic heterocycles. The summed E-state index contributed by atoms with van der Waals surface area (Å²) in [6, 6.07) is 18.2. The number of aryl methyl sites for hydroxylation is 1. The summed E-state index contributed by atoms with van der Waals surface area (Å²) in [6.07, 6.45) is 3.30. The zero-order chi connectivity index (χ0) is 20.1. The quantitative estimate of drug-likeness (QED) is 0.633. The molecule has 0 fully saturated rings. The minimum absolute atomic E-state index is 0.120. The number of nitrogens with one attached hydrogen (secondary N) is 2. The highest BCUT2D eigenvalue weighted by Gasteiger charge is 2.13. The lowest BCUT2D eigenvalue weighted by molar-refractivity contribution is 0.0950. The van der Waals surface area contributed by atoms with Crippen molar-refractivity contribution in [1.29, 1.82) is 0 Å². The maximum absolute atomic E-state index is 12.5. The number of amides is 1. The number of anilines is 2. The third-order valence-corrected chi connectivity index (χ3v) is 4.74. The molecule has 0 aliphatic rings. The number of carbonyl (C=O) groups excluding carboxylic acids is 1. The third-order valence-electron chi connectivity index (χ3n) is 4.74. The fourth-order valence-electron chi connectivity index (χ4n) is 2.94. The van der Waals surface area contributed by atoms with Crippen LogP contribution in [0.15, 0.2) is 67.0 Å². The summed E-state index contributed by atoms with van der Waals surface area (Å²) in [5, 5.41) is 6.28. The highest BCUT2D eigenvalue weighted by atomic mass is 16.1. The summed E-state index contributed by atoms with van der Waals surface area (Å²) in [7, 11) is 0. The van der Waals surface area contributed by atoms with E-state index in [9.17, 15) is 4.79 Å². The summed E-state index contributed by atoms with van der Waals surface area (Å²) in [5.41, 5.74) is 5.95. The van der Waals surface area contributed by atoms with Crippen molar-refractivity contribution in [2.45, 2.75) is 39.7 Å². The number of benzene rings is 2. The lowest BCUT2D eigenvalue weighted by Crippen LogP contribution is -2.23. The number of nitrogens with zero attached hydrogens (tertiary/aromatic N) is 1. The third kappa shape index (κ3) is 4.97. The molecule has 0 radical (unpaired) electrons. The predicted octanol–water partition coefficient (Wildman–Crippen LogP) is 5.36. The Labute approximate surface area is 167 Å². The van der Waals surface area contributed by atoms with E-state index >= 15 is 0 Å². The number of carbonyl (C=O) groups is 1. The molecular weight excluding hydrogens is 346 g/mol. The van der Waals surface area contributed by atoms with Crippen molar-refractivity contribution in [2.24, 2.45) is 0 Å². The first kappa shape index (κ1) is 19.6. The minimum atomic E-state index is -0.137. The number of rotatable bonds is 5. The lowest BCUT2D eigenvalue weighted by atomic mass is 9.87. The van der Waals surface area contributed by atoms with Gasteiger partial charge in [-0.3, -0.25) is 9.78 Å². The summed E-state index contributed by atoms with van der Waals surface area (Å²) >= 11 is 0. The maximum Gasteiger partial charge on any atom is 0.253 e. The first-order chi connectivity index (χ1) is 13.3. The van der Waals surface area contributed by atoms with Crippen molar-refractivity contribution in [2.75, 3.05) is 5.32 Å². The van der Waals surface area contributed by atoms with Gasteiger partial charge in [0, 0.05) is 18.4 Å². The van der Waals surface area contributed by atoms with Crippen LogP contribution in [-0.2, 0) is 12.0 Å². The van der Waals surface area contributed by atoms with Crippen LogP contribution in [0.25, 0.3) is 0 Å². The topological polar surface area (TPSA) is 54.0 Å². The summed E-state index contributed by atoms with van der Waals surface area (Å²) in [6.45, 7) is 9.12. The Bertz CT molecular complexity index is 956. The van der Waals surface area contributed by atoms with E-state index < -0.39 is 0 Å². The van der Waals surface area contributed by atoms with E-state index in [1.807, 2.05) is 49.4 Å². The Balaban J connectivity index is 1.66. The molecule has 4 nitrogen and oxygen atoms in total. The second kappa shape index (κ2) is 8.26. The number of pyridine rings is 1. The van der Waals surface area contributed by atoms with E-state index in [2.05, 4.69) is 48.5 Å². The molecule has 0 saturated heterocycles. The van der Waals surface area contributed by atoms with Crippen LogP contribution in [0.3, 0.4) is 0 Å². The van der Waals surface area contributed by atoms with Gasteiger partial charge >= 0.3 is 0 Å². The maximum atomic E-state index is 12.5. The first-order valence-electron chi connectivity index (χ1n) is 9.48. The molecule has 2 aromatic carbocycles. The molecule has 2 N–H and O–H groups in total. The van der Waals surface area contributed by atoms with Crippen molar-refractivity contribution < 1.29 is 4.79 Å². The zero-order valence-electron chi connectivity index (χ0n) is 16.9. The van der Waals surface area contributed by atoms with Gasteiger partial charge < -0.3 is 10.6 Å².